The molecule has 2 aromatic rings. The molecule has 2 heterocycles. The van der Waals surface area contributed by atoms with Gasteiger partial charge in [-0.25, -0.2) is 4.98 Å². The first-order valence-corrected chi connectivity index (χ1v) is 7.50. The Morgan fingerprint density at radius 1 is 1.50 bits per heavy atom. The minimum Gasteiger partial charge on any atom is -0.369 e. The number of anilines is 1. The summed E-state index contributed by atoms with van der Waals surface area (Å²) in [6, 6.07) is 6.85. The molecule has 1 saturated heterocycles. The van der Waals surface area contributed by atoms with Crippen LogP contribution in [0.25, 0.3) is 11.0 Å². The number of halogens is 1. The van der Waals surface area contributed by atoms with Crippen LogP contribution in [0.3, 0.4) is 0 Å². The van der Waals surface area contributed by atoms with Crippen LogP contribution in [0.2, 0.25) is 0 Å². The summed E-state index contributed by atoms with van der Waals surface area (Å²) in [6.45, 7) is 0. The zero-order valence-electron chi connectivity index (χ0n) is 8.69. The summed E-state index contributed by atoms with van der Waals surface area (Å²) in [6.07, 6.45) is 1.20. The van der Waals surface area contributed by atoms with Crippen molar-refractivity contribution in [1.82, 2.24) is 9.55 Å². The molecule has 0 aliphatic carbocycles. The molecule has 0 amide bonds. The van der Waals surface area contributed by atoms with Crippen LogP contribution < -0.4 is 5.73 Å². The first-order chi connectivity index (χ1) is 7.75. The number of benzene rings is 1. The lowest BCUT2D eigenvalue weighted by Gasteiger charge is -2.13. The van der Waals surface area contributed by atoms with Crippen molar-refractivity contribution < 1.29 is 0 Å². The number of nitrogens with two attached hydrogens (primary N) is 1. The number of imidazole rings is 1. The van der Waals surface area contributed by atoms with Gasteiger partial charge in [-0.05, 0) is 53.0 Å². The normalized spacial score (nSPS) is 20.7. The third-order valence-electron chi connectivity index (χ3n) is 2.95. The van der Waals surface area contributed by atoms with Gasteiger partial charge in [0.1, 0.15) is 0 Å². The van der Waals surface area contributed by atoms with Gasteiger partial charge in [0.25, 0.3) is 0 Å². The molecule has 0 spiro atoms. The van der Waals surface area contributed by atoms with Crippen LogP contribution in [0, 0.1) is 3.57 Å². The van der Waals surface area contributed by atoms with Crippen molar-refractivity contribution in [3.8, 4) is 0 Å². The zero-order chi connectivity index (χ0) is 11.1. The van der Waals surface area contributed by atoms with E-state index in [1.807, 2.05) is 11.8 Å². The van der Waals surface area contributed by atoms with E-state index in [2.05, 4.69) is 50.3 Å². The monoisotopic (exact) mass is 345 g/mol. The van der Waals surface area contributed by atoms with Gasteiger partial charge in [-0.2, -0.15) is 11.8 Å². The molecule has 2 N–H and O–H groups in total. The third kappa shape index (κ3) is 1.69. The molecule has 5 heteroatoms. The van der Waals surface area contributed by atoms with Crippen molar-refractivity contribution in [2.45, 2.75) is 12.5 Å². The van der Waals surface area contributed by atoms with Gasteiger partial charge in [-0.1, -0.05) is 0 Å². The maximum Gasteiger partial charge on any atom is 0.201 e. The van der Waals surface area contributed by atoms with Crippen LogP contribution >= 0.6 is 34.4 Å². The second kappa shape index (κ2) is 4.10. The summed E-state index contributed by atoms with van der Waals surface area (Å²) in [4.78, 5) is 4.45. The van der Waals surface area contributed by atoms with E-state index in [1.165, 1.54) is 21.3 Å². The van der Waals surface area contributed by atoms with Gasteiger partial charge in [-0.15, -0.1) is 0 Å². The van der Waals surface area contributed by atoms with E-state index >= 15 is 0 Å². The molecule has 1 atom stereocenters. The van der Waals surface area contributed by atoms with E-state index in [4.69, 9.17) is 5.73 Å². The summed E-state index contributed by atoms with van der Waals surface area (Å²) in [5.74, 6) is 3.04. The molecule has 3 nitrogen and oxygen atoms in total. The van der Waals surface area contributed by atoms with Gasteiger partial charge >= 0.3 is 0 Å². The number of rotatable bonds is 1. The smallest absolute Gasteiger partial charge is 0.201 e. The van der Waals surface area contributed by atoms with Crippen LogP contribution in [-0.4, -0.2) is 21.1 Å². The Morgan fingerprint density at radius 3 is 3.12 bits per heavy atom. The first-order valence-electron chi connectivity index (χ1n) is 5.26. The number of fused-ring (bicyclic) bond motifs is 1. The molecule has 16 heavy (non-hydrogen) atoms. The van der Waals surface area contributed by atoms with Crippen LogP contribution in [-0.2, 0) is 0 Å². The first kappa shape index (κ1) is 10.7. The lowest BCUT2D eigenvalue weighted by Crippen LogP contribution is -2.10. The van der Waals surface area contributed by atoms with E-state index in [1.54, 1.807) is 0 Å². The Morgan fingerprint density at radius 2 is 2.38 bits per heavy atom. The van der Waals surface area contributed by atoms with Crippen molar-refractivity contribution in [2.75, 3.05) is 17.2 Å². The average Bonchev–Trinajstić information content (AvgIpc) is 2.83. The molecule has 1 aromatic heterocycles. The van der Waals surface area contributed by atoms with E-state index in [0.29, 0.717) is 12.0 Å². The van der Waals surface area contributed by atoms with E-state index in [-0.39, 0.29) is 0 Å². The molecule has 0 saturated carbocycles. The van der Waals surface area contributed by atoms with Gasteiger partial charge < -0.3 is 10.3 Å². The Bertz CT molecular complexity index is 531. The molecule has 1 aromatic carbocycles. The van der Waals surface area contributed by atoms with E-state index in [0.717, 1.165) is 11.3 Å². The highest BCUT2D eigenvalue weighted by Crippen LogP contribution is 2.33. The van der Waals surface area contributed by atoms with Crippen LogP contribution in [0.15, 0.2) is 18.2 Å². The highest BCUT2D eigenvalue weighted by Gasteiger charge is 2.21. The lowest BCUT2D eigenvalue weighted by molar-refractivity contribution is 0.583. The van der Waals surface area contributed by atoms with Gasteiger partial charge in [-0.3, -0.25) is 0 Å². The van der Waals surface area contributed by atoms with Crippen molar-refractivity contribution in [1.29, 1.82) is 0 Å². The predicted molar refractivity (Wildman–Crippen MR) is 77.8 cm³/mol. The average molecular weight is 345 g/mol. The predicted octanol–water partition coefficient (Wildman–Crippen LogP) is 2.90. The van der Waals surface area contributed by atoms with Gasteiger partial charge in [0.15, 0.2) is 0 Å². The van der Waals surface area contributed by atoms with Gasteiger partial charge in [0, 0.05) is 15.4 Å². The Kier molecular flexibility index (Phi) is 2.75. The topological polar surface area (TPSA) is 43.8 Å². The van der Waals surface area contributed by atoms with Crippen molar-refractivity contribution in [2.24, 2.45) is 0 Å². The quantitative estimate of drug-likeness (QED) is 0.809. The largest absolute Gasteiger partial charge is 0.369 e. The molecule has 0 radical (unpaired) electrons. The van der Waals surface area contributed by atoms with Gasteiger partial charge in [0.2, 0.25) is 5.95 Å². The van der Waals surface area contributed by atoms with E-state index < -0.39 is 0 Å². The van der Waals surface area contributed by atoms with E-state index in [9.17, 15) is 0 Å². The third-order valence-corrected chi connectivity index (χ3v) is 4.77. The molecule has 84 valence electrons. The fraction of sp³-hybridized carbons (Fsp3) is 0.364. The molecule has 1 aliphatic rings. The Balaban J connectivity index is 2.18. The molecule has 1 aliphatic heterocycles. The number of nitrogen functional groups attached to an aromatic ring is 1. The second-order valence-electron chi connectivity index (χ2n) is 3.99. The number of hydrogen-bond donors (Lipinski definition) is 1. The number of aromatic nitrogens is 2. The number of hydrogen-bond acceptors (Lipinski definition) is 3. The lowest BCUT2D eigenvalue weighted by atomic mass is 10.2. The molecule has 1 fully saturated rings. The summed E-state index contributed by atoms with van der Waals surface area (Å²) in [5, 5.41) is 0. The highest BCUT2D eigenvalue weighted by molar-refractivity contribution is 14.1. The SMILES string of the molecule is Nc1nc2cc(I)ccc2n1C1CCSC1. The summed E-state index contributed by atoms with van der Waals surface area (Å²) in [5.41, 5.74) is 8.21. The standard InChI is InChI=1S/C11H12IN3S/c12-7-1-2-10-9(5-7)14-11(13)15(10)8-3-4-16-6-8/h1-2,5,8H,3-4,6H2,(H2,13,14). The summed E-state index contributed by atoms with van der Waals surface area (Å²) in [7, 11) is 0. The van der Waals surface area contributed by atoms with Crippen molar-refractivity contribution in [3.63, 3.8) is 0 Å². The fourth-order valence-electron chi connectivity index (χ4n) is 2.20. The maximum absolute atomic E-state index is 6.02. The minimum absolute atomic E-state index is 0.523. The summed E-state index contributed by atoms with van der Waals surface area (Å²) < 4.78 is 3.40. The van der Waals surface area contributed by atoms with Crippen LogP contribution in [0.4, 0.5) is 5.95 Å². The Labute approximate surface area is 112 Å². The molecule has 0 bridgehead atoms. The van der Waals surface area contributed by atoms with Gasteiger partial charge in [0.05, 0.1) is 11.0 Å². The maximum atomic E-state index is 6.02. The Hall–Kier alpha value is -0.430. The van der Waals surface area contributed by atoms with Crippen molar-refractivity contribution >= 4 is 51.3 Å². The number of nitrogens with zero attached hydrogens (tertiary/aromatic N) is 2. The zero-order valence-corrected chi connectivity index (χ0v) is 11.7. The molecular formula is C11H12IN3S. The second-order valence-corrected chi connectivity index (χ2v) is 6.39. The molecule has 3 rings (SSSR count). The fourth-order valence-corrected chi connectivity index (χ4v) is 3.87. The molecule has 1 unspecified atom stereocenters. The number of thioether (sulfide) groups is 1. The molecular weight excluding hydrogens is 333 g/mol. The van der Waals surface area contributed by atoms with Crippen LogP contribution in [0.1, 0.15) is 12.5 Å². The highest BCUT2D eigenvalue weighted by atomic mass is 127. The minimum atomic E-state index is 0.523. The van der Waals surface area contributed by atoms with Crippen molar-refractivity contribution in [3.05, 3.63) is 21.8 Å². The summed E-state index contributed by atoms with van der Waals surface area (Å²) >= 11 is 4.30. The van der Waals surface area contributed by atoms with Crippen LogP contribution in [0.5, 0.6) is 0 Å².